The zero-order chi connectivity index (χ0) is 20.1. The minimum absolute atomic E-state index is 0.0561. The molecule has 0 aliphatic carbocycles. The molecule has 0 spiro atoms. The quantitative estimate of drug-likeness (QED) is 0.708. The van der Waals surface area contributed by atoms with E-state index in [0.717, 1.165) is 11.3 Å². The molecule has 2 heterocycles. The van der Waals surface area contributed by atoms with E-state index < -0.39 is 9.84 Å². The molecule has 2 aromatic carbocycles. The second kappa shape index (κ2) is 6.93. The van der Waals surface area contributed by atoms with E-state index in [1.165, 1.54) is 0 Å². The highest BCUT2D eigenvalue weighted by Gasteiger charge is 2.53. The maximum absolute atomic E-state index is 12.5. The highest BCUT2D eigenvalue weighted by molar-refractivity contribution is 7.91. The SMILES string of the molecule is COc1ccc(OC)c(N2C(=S)N(c3ccc(C)cc3)[C@@H]3CS(=O)(=O)C[C@H]32)c1. The molecule has 0 unspecified atom stereocenters. The van der Waals surface area contributed by atoms with Gasteiger partial charge in [0.2, 0.25) is 0 Å². The van der Waals surface area contributed by atoms with Crippen LogP contribution in [0.25, 0.3) is 0 Å². The van der Waals surface area contributed by atoms with Crippen LogP contribution in [0.2, 0.25) is 0 Å². The molecule has 0 aromatic heterocycles. The summed E-state index contributed by atoms with van der Waals surface area (Å²) in [6.07, 6.45) is 0. The van der Waals surface area contributed by atoms with E-state index in [0.29, 0.717) is 22.3 Å². The summed E-state index contributed by atoms with van der Waals surface area (Å²) in [6.45, 7) is 2.02. The smallest absolute Gasteiger partial charge is 0.181 e. The molecule has 2 atom stereocenters. The second-order valence-electron chi connectivity index (χ2n) is 7.11. The van der Waals surface area contributed by atoms with Crippen molar-refractivity contribution in [3.63, 3.8) is 0 Å². The van der Waals surface area contributed by atoms with Gasteiger partial charge < -0.3 is 19.3 Å². The van der Waals surface area contributed by atoms with E-state index in [1.807, 2.05) is 59.2 Å². The largest absolute Gasteiger partial charge is 0.497 e. The molecule has 148 valence electrons. The molecule has 0 saturated carbocycles. The summed E-state index contributed by atoms with van der Waals surface area (Å²) in [5.74, 6) is 1.41. The Morgan fingerprint density at radius 2 is 1.61 bits per heavy atom. The van der Waals surface area contributed by atoms with Gasteiger partial charge in [-0.3, -0.25) is 0 Å². The lowest BCUT2D eigenvalue weighted by molar-refractivity contribution is 0.403. The minimum atomic E-state index is -3.17. The maximum Gasteiger partial charge on any atom is 0.181 e. The second-order valence-corrected chi connectivity index (χ2v) is 9.63. The zero-order valence-corrected chi connectivity index (χ0v) is 17.6. The Morgan fingerprint density at radius 1 is 0.964 bits per heavy atom. The number of aryl methyl sites for hydroxylation is 1. The topological polar surface area (TPSA) is 59.1 Å². The van der Waals surface area contributed by atoms with E-state index >= 15 is 0 Å². The van der Waals surface area contributed by atoms with Crippen LogP contribution in [0.15, 0.2) is 42.5 Å². The van der Waals surface area contributed by atoms with Crippen molar-refractivity contribution in [3.05, 3.63) is 48.0 Å². The number of hydrogen-bond donors (Lipinski definition) is 0. The fourth-order valence-electron chi connectivity index (χ4n) is 3.98. The molecule has 6 nitrogen and oxygen atoms in total. The molecule has 2 aliphatic rings. The number of ether oxygens (including phenoxy) is 2. The summed E-state index contributed by atoms with van der Waals surface area (Å²) < 4.78 is 35.9. The lowest BCUT2D eigenvalue weighted by Crippen LogP contribution is -2.37. The van der Waals surface area contributed by atoms with E-state index in [9.17, 15) is 8.42 Å². The number of thiocarbonyl (C=S) groups is 1. The zero-order valence-electron chi connectivity index (χ0n) is 16.0. The summed E-state index contributed by atoms with van der Waals surface area (Å²) >= 11 is 5.84. The standard InChI is InChI=1S/C20H22N2O4S2/c1-13-4-6-14(7-5-13)21-17-11-28(23,24)12-18(17)22(20(21)27)16-10-15(25-2)8-9-19(16)26-3/h4-10,17-18H,11-12H2,1-3H3/t17-,18-/m1/s1. The van der Waals surface area contributed by atoms with Gasteiger partial charge in [0.25, 0.3) is 0 Å². The van der Waals surface area contributed by atoms with Crippen LogP contribution < -0.4 is 19.3 Å². The average molecular weight is 419 g/mol. The number of fused-ring (bicyclic) bond motifs is 1. The van der Waals surface area contributed by atoms with Crippen LogP contribution in [0.1, 0.15) is 5.56 Å². The molecule has 2 aliphatic heterocycles. The third kappa shape index (κ3) is 3.10. The monoisotopic (exact) mass is 418 g/mol. The Bertz CT molecular complexity index is 1020. The predicted octanol–water partition coefficient (Wildman–Crippen LogP) is 2.79. The number of nitrogens with zero attached hydrogens (tertiary/aromatic N) is 2. The van der Waals surface area contributed by atoms with Crippen LogP contribution in [0.4, 0.5) is 11.4 Å². The van der Waals surface area contributed by atoms with E-state index in [4.69, 9.17) is 21.7 Å². The van der Waals surface area contributed by atoms with E-state index in [2.05, 4.69) is 0 Å². The van der Waals surface area contributed by atoms with Crippen LogP contribution >= 0.6 is 12.2 Å². The van der Waals surface area contributed by atoms with Gasteiger partial charge >= 0.3 is 0 Å². The molecule has 2 fully saturated rings. The van der Waals surface area contributed by atoms with Crippen molar-refractivity contribution in [2.75, 3.05) is 35.5 Å². The molecular weight excluding hydrogens is 396 g/mol. The van der Waals surface area contributed by atoms with Gasteiger partial charge in [-0.05, 0) is 43.4 Å². The first kappa shape index (κ1) is 19.0. The van der Waals surface area contributed by atoms with Crippen molar-refractivity contribution in [1.29, 1.82) is 0 Å². The fraction of sp³-hybridized carbons (Fsp3) is 0.350. The van der Waals surface area contributed by atoms with Crippen LogP contribution in [0, 0.1) is 6.92 Å². The first-order chi connectivity index (χ1) is 13.3. The van der Waals surface area contributed by atoms with Gasteiger partial charge in [-0.2, -0.15) is 0 Å². The average Bonchev–Trinajstić information content (AvgIpc) is 3.10. The predicted molar refractivity (Wildman–Crippen MR) is 115 cm³/mol. The third-order valence-corrected chi connectivity index (χ3v) is 7.42. The van der Waals surface area contributed by atoms with Gasteiger partial charge in [0.15, 0.2) is 14.9 Å². The fourth-order valence-corrected chi connectivity index (χ4v) is 6.37. The van der Waals surface area contributed by atoms with Crippen molar-refractivity contribution in [2.24, 2.45) is 0 Å². The molecule has 4 rings (SSSR count). The number of anilines is 2. The number of methoxy groups -OCH3 is 2. The van der Waals surface area contributed by atoms with Crippen molar-refractivity contribution < 1.29 is 17.9 Å². The summed E-state index contributed by atoms with van der Waals surface area (Å²) in [4.78, 5) is 3.87. The Kier molecular flexibility index (Phi) is 4.71. The van der Waals surface area contributed by atoms with E-state index in [-0.39, 0.29) is 23.6 Å². The van der Waals surface area contributed by atoms with Crippen molar-refractivity contribution in [2.45, 2.75) is 19.0 Å². The van der Waals surface area contributed by atoms with Gasteiger partial charge in [0, 0.05) is 11.8 Å². The molecule has 0 amide bonds. The molecular formula is C20H22N2O4S2. The maximum atomic E-state index is 12.5. The summed E-state index contributed by atoms with van der Waals surface area (Å²) in [6, 6.07) is 12.9. The Labute approximate surface area is 170 Å². The normalized spacial score (nSPS) is 23.0. The van der Waals surface area contributed by atoms with Gasteiger partial charge in [-0.25, -0.2) is 8.42 Å². The molecule has 0 bridgehead atoms. The summed E-state index contributed by atoms with van der Waals surface area (Å²) in [5.41, 5.74) is 2.75. The summed E-state index contributed by atoms with van der Waals surface area (Å²) in [7, 11) is 0.0117. The number of sulfone groups is 1. The van der Waals surface area contributed by atoms with Crippen molar-refractivity contribution >= 4 is 38.5 Å². The van der Waals surface area contributed by atoms with Gasteiger partial charge in [0.05, 0.1) is 43.5 Å². The molecule has 2 aromatic rings. The Balaban J connectivity index is 1.84. The molecule has 8 heteroatoms. The van der Waals surface area contributed by atoms with Crippen molar-refractivity contribution in [3.8, 4) is 11.5 Å². The minimum Gasteiger partial charge on any atom is -0.497 e. The van der Waals surface area contributed by atoms with Crippen LogP contribution in [0.5, 0.6) is 11.5 Å². The highest BCUT2D eigenvalue weighted by atomic mass is 32.2. The third-order valence-electron chi connectivity index (χ3n) is 5.33. The van der Waals surface area contributed by atoms with Crippen LogP contribution in [-0.4, -0.2) is 51.3 Å². The number of hydrogen-bond acceptors (Lipinski definition) is 5. The molecule has 0 radical (unpaired) electrons. The van der Waals surface area contributed by atoms with Gasteiger partial charge in [-0.15, -0.1) is 0 Å². The number of rotatable bonds is 4. The first-order valence-electron chi connectivity index (χ1n) is 8.96. The van der Waals surface area contributed by atoms with Gasteiger partial charge in [-0.1, -0.05) is 17.7 Å². The lowest BCUT2D eigenvalue weighted by Gasteiger charge is -2.27. The molecule has 0 N–H and O–H groups in total. The molecule has 2 saturated heterocycles. The number of benzene rings is 2. The Hall–Kier alpha value is -2.32. The van der Waals surface area contributed by atoms with Crippen molar-refractivity contribution in [1.82, 2.24) is 0 Å². The first-order valence-corrected chi connectivity index (χ1v) is 11.2. The summed E-state index contributed by atoms with van der Waals surface area (Å²) in [5, 5.41) is 0.570. The van der Waals surface area contributed by atoms with Crippen LogP contribution in [0.3, 0.4) is 0 Å². The Morgan fingerprint density at radius 3 is 2.21 bits per heavy atom. The highest BCUT2D eigenvalue weighted by Crippen LogP contribution is 2.42. The van der Waals surface area contributed by atoms with Crippen LogP contribution in [-0.2, 0) is 9.84 Å². The lowest BCUT2D eigenvalue weighted by atomic mass is 10.1. The van der Waals surface area contributed by atoms with E-state index in [1.54, 1.807) is 14.2 Å². The van der Waals surface area contributed by atoms with Gasteiger partial charge in [0.1, 0.15) is 11.5 Å². The molecule has 28 heavy (non-hydrogen) atoms.